The summed E-state index contributed by atoms with van der Waals surface area (Å²) >= 11 is 0. The van der Waals surface area contributed by atoms with Crippen LogP contribution in [0.25, 0.3) is 0 Å². The van der Waals surface area contributed by atoms with Gasteiger partial charge < -0.3 is 5.32 Å². The van der Waals surface area contributed by atoms with E-state index in [-0.39, 0.29) is 0 Å². The van der Waals surface area contributed by atoms with Crippen LogP contribution in [0.15, 0.2) is 30.3 Å². The molecular weight excluding hydrogens is 220 g/mol. The Balaban J connectivity index is 1.69. The van der Waals surface area contributed by atoms with Crippen molar-refractivity contribution in [2.75, 3.05) is 26.2 Å². The van der Waals surface area contributed by atoms with Crippen LogP contribution in [0.1, 0.15) is 31.7 Å². The maximum absolute atomic E-state index is 3.49. The lowest BCUT2D eigenvalue weighted by Gasteiger charge is -2.24. The van der Waals surface area contributed by atoms with Crippen LogP contribution in [0, 0.1) is 0 Å². The molecule has 0 bridgehead atoms. The van der Waals surface area contributed by atoms with Crippen molar-refractivity contribution >= 4 is 0 Å². The number of hydrogen-bond donors (Lipinski definition) is 1. The minimum absolute atomic E-state index is 0.778. The molecule has 1 N–H and O–H groups in total. The van der Waals surface area contributed by atoms with Gasteiger partial charge in [-0.05, 0) is 50.9 Å². The summed E-state index contributed by atoms with van der Waals surface area (Å²) in [6.45, 7) is 7.00. The second kappa shape index (κ2) is 7.55. The molecule has 1 heterocycles. The van der Waals surface area contributed by atoms with E-state index in [9.17, 15) is 0 Å². The van der Waals surface area contributed by atoms with Crippen LogP contribution in [0.5, 0.6) is 0 Å². The van der Waals surface area contributed by atoms with Crippen LogP contribution in [0.3, 0.4) is 0 Å². The molecule has 1 aromatic rings. The standard InChI is InChI=1S/C16H26N2/c1-2-17-14-16-11-7-13-18(16)12-6-10-15-8-4-3-5-9-15/h3-5,8-9,16-17H,2,6-7,10-14H2,1H3. The minimum Gasteiger partial charge on any atom is -0.315 e. The number of aryl methyl sites for hydroxylation is 1. The first kappa shape index (κ1) is 13.6. The van der Waals surface area contributed by atoms with E-state index in [1.165, 1.54) is 50.9 Å². The van der Waals surface area contributed by atoms with Crippen molar-refractivity contribution in [3.8, 4) is 0 Å². The number of likely N-dealkylation sites (N-methyl/N-ethyl adjacent to an activating group) is 1. The van der Waals surface area contributed by atoms with Crippen molar-refractivity contribution in [1.29, 1.82) is 0 Å². The van der Waals surface area contributed by atoms with Crippen molar-refractivity contribution in [1.82, 2.24) is 10.2 Å². The molecule has 0 saturated carbocycles. The Morgan fingerprint density at radius 2 is 2.11 bits per heavy atom. The molecule has 1 atom stereocenters. The molecule has 0 aliphatic carbocycles. The molecule has 1 unspecified atom stereocenters. The van der Waals surface area contributed by atoms with Gasteiger partial charge in [0.15, 0.2) is 0 Å². The second-order valence-corrected chi connectivity index (χ2v) is 5.23. The first-order valence-corrected chi connectivity index (χ1v) is 7.39. The van der Waals surface area contributed by atoms with Gasteiger partial charge in [0.2, 0.25) is 0 Å². The summed E-state index contributed by atoms with van der Waals surface area (Å²) in [7, 11) is 0. The smallest absolute Gasteiger partial charge is 0.0221 e. The molecule has 18 heavy (non-hydrogen) atoms. The molecule has 1 fully saturated rings. The van der Waals surface area contributed by atoms with Gasteiger partial charge in [-0.15, -0.1) is 0 Å². The number of nitrogens with zero attached hydrogens (tertiary/aromatic N) is 1. The SMILES string of the molecule is CCNCC1CCCN1CCCc1ccccc1. The lowest BCUT2D eigenvalue weighted by molar-refractivity contribution is 0.246. The maximum atomic E-state index is 3.49. The van der Waals surface area contributed by atoms with Crippen LogP contribution in [-0.4, -0.2) is 37.1 Å². The zero-order valence-corrected chi connectivity index (χ0v) is 11.6. The highest BCUT2D eigenvalue weighted by Gasteiger charge is 2.22. The Labute approximate surface area is 111 Å². The van der Waals surface area contributed by atoms with Gasteiger partial charge in [-0.25, -0.2) is 0 Å². The molecule has 1 aliphatic rings. The highest BCUT2D eigenvalue weighted by molar-refractivity contribution is 5.14. The van der Waals surface area contributed by atoms with E-state index >= 15 is 0 Å². The van der Waals surface area contributed by atoms with Gasteiger partial charge in [0.1, 0.15) is 0 Å². The van der Waals surface area contributed by atoms with Crippen LogP contribution < -0.4 is 5.32 Å². The van der Waals surface area contributed by atoms with Gasteiger partial charge >= 0.3 is 0 Å². The number of nitrogens with one attached hydrogen (secondary N) is 1. The van der Waals surface area contributed by atoms with E-state index in [2.05, 4.69) is 47.5 Å². The molecule has 1 saturated heterocycles. The lowest BCUT2D eigenvalue weighted by Crippen LogP contribution is -2.38. The van der Waals surface area contributed by atoms with E-state index in [4.69, 9.17) is 0 Å². The number of benzene rings is 1. The fraction of sp³-hybridized carbons (Fsp3) is 0.625. The van der Waals surface area contributed by atoms with Gasteiger partial charge in [0.25, 0.3) is 0 Å². The topological polar surface area (TPSA) is 15.3 Å². The van der Waals surface area contributed by atoms with Crippen LogP contribution >= 0.6 is 0 Å². The molecular formula is C16H26N2. The molecule has 100 valence electrons. The number of likely N-dealkylation sites (tertiary alicyclic amines) is 1. The second-order valence-electron chi connectivity index (χ2n) is 5.23. The summed E-state index contributed by atoms with van der Waals surface area (Å²) in [5, 5.41) is 3.49. The Morgan fingerprint density at radius 1 is 1.28 bits per heavy atom. The zero-order valence-electron chi connectivity index (χ0n) is 11.6. The first-order valence-electron chi connectivity index (χ1n) is 7.39. The van der Waals surface area contributed by atoms with Crippen molar-refractivity contribution in [3.63, 3.8) is 0 Å². The third-order valence-electron chi connectivity index (χ3n) is 3.88. The summed E-state index contributed by atoms with van der Waals surface area (Å²) in [5.74, 6) is 0. The van der Waals surface area contributed by atoms with E-state index in [1.807, 2.05) is 0 Å². The summed E-state index contributed by atoms with van der Waals surface area (Å²) in [5.41, 5.74) is 1.47. The Morgan fingerprint density at radius 3 is 2.89 bits per heavy atom. The van der Waals surface area contributed by atoms with E-state index in [0.29, 0.717) is 0 Å². The van der Waals surface area contributed by atoms with Crippen LogP contribution in [-0.2, 0) is 6.42 Å². The van der Waals surface area contributed by atoms with E-state index in [0.717, 1.165) is 12.6 Å². The monoisotopic (exact) mass is 246 g/mol. The summed E-state index contributed by atoms with van der Waals surface area (Å²) in [4.78, 5) is 2.67. The lowest BCUT2D eigenvalue weighted by atomic mass is 10.1. The first-order chi connectivity index (χ1) is 8.90. The molecule has 1 aliphatic heterocycles. The van der Waals surface area contributed by atoms with Crippen LogP contribution in [0.4, 0.5) is 0 Å². The van der Waals surface area contributed by atoms with E-state index in [1.54, 1.807) is 0 Å². The largest absolute Gasteiger partial charge is 0.315 e. The van der Waals surface area contributed by atoms with Crippen LogP contribution in [0.2, 0.25) is 0 Å². The molecule has 1 aromatic carbocycles. The molecule has 0 spiro atoms. The average molecular weight is 246 g/mol. The predicted octanol–water partition coefficient (Wildman–Crippen LogP) is 2.69. The Hall–Kier alpha value is -0.860. The summed E-state index contributed by atoms with van der Waals surface area (Å²) in [6.07, 6.45) is 5.25. The third kappa shape index (κ3) is 4.11. The van der Waals surface area contributed by atoms with Gasteiger partial charge in [0.05, 0.1) is 0 Å². The molecule has 2 heteroatoms. The van der Waals surface area contributed by atoms with Crippen molar-refractivity contribution in [2.24, 2.45) is 0 Å². The Bertz CT molecular complexity index is 323. The fourth-order valence-corrected chi connectivity index (χ4v) is 2.86. The van der Waals surface area contributed by atoms with Gasteiger partial charge in [0, 0.05) is 12.6 Å². The third-order valence-corrected chi connectivity index (χ3v) is 3.88. The molecule has 2 nitrogen and oxygen atoms in total. The summed E-state index contributed by atoms with van der Waals surface area (Å²) in [6, 6.07) is 11.6. The van der Waals surface area contributed by atoms with Crippen molar-refractivity contribution < 1.29 is 0 Å². The minimum atomic E-state index is 0.778. The molecule has 0 amide bonds. The predicted molar refractivity (Wildman–Crippen MR) is 77.9 cm³/mol. The fourth-order valence-electron chi connectivity index (χ4n) is 2.86. The average Bonchev–Trinajstić information content (AvgIpc) is 2.85. The molecule has 0 aromatic heterocycles. The zero-order chi connectivity index (χ0) is 12.6. The summed E-state index contributed by atoms with van der Waals surface area (Å²) < 4.78 is 0. The van der Waals surface area contributed by atoms with Crippen molar-refractivity contribution in [3.05, 3.63) is 35.9 Å². The van der Waals surface area contributed by atoms with E-state index < -0.39 is 0 Å². The quantitative estimate of drug-likeness (QED) is 0.796. The van der Waals surface area contributed by atoms with Crippen molar-refractivity contribution in [2.45, 2.75) is 38.6 Å². The highest BCUT2D eigenvalue weighted by atomic mass is 15.2. The van der Waals surface area contributed by atoms with Gasteiger partial charge in [-0.2, -0.15) is 0 Å². The molecule has 2 rings (SSSR count). The number of rotatable bonds is 7. The molecule has 0 radical (unpaired) electrons. The normalized spacial score (nSPS) is 20.4. The highest BCUT2D eigenvalue weighted by Crippen LogP contribution is 2.17. The maximum Gasteiger partial charge on any atom is 0.0221 e. The van der Waals surface area contributed by atoms with Gasteiger partial charge in [-0.3, -0.25) is 4.90 Å². The van der Waals surface area contributed by atoms with Gasteiger partial charge in [-0.1, -0.05) is 37.3 Å². The number of hydrogen-bond acceptors (Lipinski definition) is 2. The Kier molecular flexibility index (Phi) is 5.69.